The molecule has 1 fully saturated rings. The molecule has 0 amide bonds. The average Bonchev–Trinajstić information content (AvgIpc) is 2.69. The summed E-state index contributed by atoms with van der Waals surface area (Å²) in [7, 11) is 0. The lowest BCUT2D eigenvalue weighted by atomic mass is 9.97. The molecule has 2 aliphatic rings. The SMILES string of the molecule is O=C(O)C1CCN(c2nc3c(c(=O)[nH]2)CN(Cc2ccccc2)CC3)CC1. The van der Waals surface area contributed by atoms with Crippen LogP contribution in [-0.2, 0) is 24.3 Å². The molecule has 0 radical (unpaired) electrons. The van der Waals surface area contributed by atoms with Crippen molar-refractivity contribution in [2.75, 3.05) is 24.5 Å². The Morgan fingerprint density at radius 3 is 2.63 bits per heavy atom. The zero-order valence-electron chi connectivity index (χ0n) is 15.2. The van der Waals surface area contributed by atoms with E-state index in [9.17, 15) is 9.59 Å². The number of carboxylic acids is 1. The van der Waals surface area contributed by atoms with E-state index in [0.717, 1.165) is 30.8 Å². The number of rotatable bonds is 4. The fourth-order valence-electron chi connectivity index (χ4n) is 3.93. The minimum Gasteiger partial charge on any atom is -0.481 e. The third-order valence-corrected chi connectivity index (χ3v) is 5.53. The number of carboxylic acid groups (broad SMARTS) is 1. The zero-order chi connectivity index (χ0) is 18.8. The van der Waals surface area contributed by atoms with E-state index >= 15 is 0 Å². The monoisotopic (exact) mass is 368 g/mol. The summed E-state index contributed by atoms with van der Waals surface area (Å²) in [5, 5.41) is 9.13. The van der Waals surface area contributed by atoms with E-state index in [-0.39, 0.29) is 11.5 Å². The van der Waals surface area contributed by atoms with E-state index < -0.39 is 5.97 Å². The largest absolute Gasteiger partial charge is 0.481 e. The quantitative estimate of drug-likeness (QED) is 0.853. The Bertz CT molecular complexity index is 873. The smallest absolute Gasteiger partial charge is 0.306 e. The van der Waals surface area contributed by atoms with Gasteiger partial charge in [-0.05, 0) is 18.4 Å². The summed E-state index contributed by atoms with van der Waals surface area (Å²) in [5.41, 5.74) is 2.79. The molecule has 2 N–H and O–H groups in total. The minimum atomic E-state index is -0.736. The van der Waals surface area contributed by atoms with E-state index in [1.807, 2.05) is 23.1 Å². The Morgan fingerprint density at radius 1 is 1.19 bits per heavy atom. The number of benzene rings is 1. The highest BCUT2D eigenvalue weighted by Crippen LogP contribution is 2.22. The van der Waals surface area contributed by atoms with Gasteiger partial charge in [0, 0.05) is 39.1 Å². The summed E-state index contributed by atoms with van der Waals surface area (Å²) >= 11 is 0. The van der Waals surface area contributed by atoms with Gasteiger partial charge in [0.15, 0.2) is 0 Å². The Morgan fingerprint density at radius 2 is 1.93 bits per heavy atom. The van der Waals surface area contributed by atoms with Crippen LogP contribution in [0, 0.1) is 5.92 Å². The molecular weight excluding hydrogens is 344 g/mol. The van der Waals surface area contributed by atoms with Crippen LogP contribution >= 0.6 is 0 Å². The number of H-pyrrole nitrogens is 1. The number of hydrogen-bond donors (Lipinski definition) is 2. The van der Waals surface area contributed by atoms with Gasteiger partial charge in [0.1, 0.15) is 0 Å². The molecule has 0 atom stereocenters. The summed E-state index contributed by atoms with van der Waals surface area (Å²) in [6, 6.07) is 10.3. The Labute approximate surface area is 157 Å². The third kappa shape index (κ3) is 3.88. The van der Waals surface area contributed by atoms with Crippen LogP contribution in [-0.4, -0.2) is 45.6 Å². The normalized spacial score (nSPS) is 18.3. The molecule has 0 aliphatic carbocycles. The molecule has 1 aromatic heterocycles. The second-order valence-corrected chi connectivity index (χ2v) is 7.36. The van der Waals surface area contributed by atoms with Crippen LogP contribution in [0.4, 0.5) is 5.95 Å². The molecule has 2 aromatic rings. The average molecular weight is 368 g/mol. The maximum Gasteiger partial charge on any atom is 0.306 e. The van der Waals surface area contributed by atoms with Crippen molar-refractivity contribution in [1.29, 1.82) is 0 Å². The van der Waals surface area contributed by atoms with Crippen molar-refractivity contribution >= 4 is 11.9 Å². The highest BCUT2D eigenvalue weighted by molar-refractivity contribution is 5.70. The Hall–Kier alpha value is -2.67. The van der Waals surface area contributed by atoms with Crippen LogP contribution in [0.25, 0.3) is 0 Å². The first-order valence-corrected chi connectivity index (χ1v) is 9.46. The number of nitrogens with one attached hydrogen (secondary N) is 1. The topological polar surface area (TPSA) is 89.5 Å². The van der Waals surface area contributed by atoms with Gasteiger partial charge in [-0.1, -0.05) is 30.3 Å². The second-order valence-electron chi connectivity index (χ2n) is 7.36. The van der Waals surface area contributed by atoms with E-state index in [2.05, 4.69) is 22.0 Å². The number of carbonyl (C=O) groups is 1. The van der Waals surface area contributed by atoms with Gasteiger partial charge in [-0.2, -0.15) is 0 Å². The molecule has 0 unspecified atom stereocenters. The van der Waals surface area contributed by atoms with Crippen LogP contribution in [0.5, 0.6) is 0 Å². The lowest BCUT2D eigenvalue weighted by molar-refractivity contribution is -0.142. The summed E-state index contributed by atoms with van der Waals surface area (Å²) in [6.07, 6.45) is 1.92. The van der Waals surface area contributed by atoms with E-state index in [4.69, 9.17) is 10.1 Å². The van der Waals surface area contributed by atoms with Crippen LogP contribution in [0.1, 0.15) is 29.7 Å². The fraction of sp³-hybridized carbons (Fsp3) is 0.450. The highest BCUT2D eigenvalue weighted by atomic mass is 16.4. The van der Waals surface area contributed by atoms with Crippen molar-refractivity contribution in [3.8, 4) is 0 Å². The molecular formula is C20H24N4O3. The van der Waals surface area contributed by atoms with Crippen LogP contribution in [0.15, 0.2) is 35.1 Å². The van der Waals surface area contributed by atoms with Gasteiger partial charge in [0.05, 0.1) is 17.2 Å². The van der Waals surface area contributed by atoms with Gasteiger partial charge in [-0.3, -0.25) is 19.5 Å². The van der Waals surface area contributed by atoms with Crippen LogP contribution in [0.3, 0.4) is 0 Å². The molecule has 7 heteroatoms. The Kier molecular flexibility index (Phi) is 4.94. The first kappa shape index (κ1) is 17.7. The lowest BCUT2D eigenvalue weighted by Crippen LogP contribution is -2.40. The molecule has 27 heavy (non-hydrogen) atoms. The predicted octanol–water partition coefficient (Wildman–Crippen LogP) is 1.63. The minimum absolute atomic E-state index is 0.0758. The van der Waals surface area contributed by atoms with Crippen LogP contribution in [0.2, 0.25) is 0 Å². The molecule has 0 bridgehead atoms. The molecule has 142 valence electrons. The fourth-order valence-corrected chi connectivity index (χ4v) is 3.93. The van der Waals surface area contributed by atoms with Gasteiger partial charge < -0.3 is 10.0 Å². The van der Waals surface area contributed by atoms with E-state index in [0.29, 0.717) is 38.4 Å². The number of nitrogens with zero attached hydrogens (tertiary/aromatic N) is 3. The van der Waals surface area contributed by atoms with Crippen LogP contribution < -0.4 is 10.5 Å². The van der Waals surface area contributed by atoms with Crippen molar-refractivity contribution in [2.24, 2.45) is 5.92 Å². The molecule has 3 heterocycles. The molecule has 4 rings (SSSR count). The van der Waals surface area contributed by atoms with E-state index in [1.165, 1.54) is 5.56 Å². The van der Waals surface area contributed by atoms with Crippen molar-refractivity contribution < 1.29 is 9.90 Å². The molecule has 2 aliphatic heterocycles. The van der Waals surface area contributed by atoms with E-state index in [1.54, 1.807) is 0 Å². The zero-order valence-corrected chi connectivity index (χ0v) is 15.2. The van der Waals surface area contributed by atoms with Crippen molar-refractivity contribution in [2.45, 2.75) is 32.4 Å². The maximum absolute atomic E-state index is 12.7. The van der Waals surface area contributed by atoms with Crippen molar-refractivity contribution in [1.82, 2.24) is 14.9 Å². The van der Waals surface area contributed by atoms with Gasteiger partial charge in [-0.25, -0.2) is 4.98 Å². The maximum atomic E-state index is 12.7. The van der Waals surface area contributed by atoms with Gasteiger partial charge >= 0.3 is 5.97 Å². The first-order chi connectivity index (χ1) is 13.1. The van der Waals surface area contributed by atoms with Gasteiger partial charge in [-0.15, -0.1) is 0 Å². The molecule has 1 saturated heterocycles. The molecule has 7 nitrogen and oxygen atoms in total. The summed E-state index contributed by atoms with van der Waals surface area (Å²) < 4.78 is 0. The number of anilines is 1. The molecule has 0 saturated carbocycles. The summed E-state index contributed by atoms with van der Waals surface area (Å²) in [5.74, 6) is -0.448. The standard InChI is InChI=1S/C20H24N4O3/c25-18-16-13-23(12-14-4-2-1-3-5-14)9-8-17(16)21-20(22-18)24-10-6-15(7-11-24)19(26)27/h1-5,15H,6-13H2,(H,26,27)(H,21,22,25). The first-order valence-electron chi connectivity index (χ1n) is 9.46. The number of aromatic nitrogens is 2. The summed E-state index contributed by atoms with van der Waals surface area (Å²) in [4.78, 5) is 35.7. The third-order valence-electron chi connectivity index (χ3n) is 5.53. The number of fused-ring (bicyclic) bond motifs is 1. The summed E-state index contributed by atoms with van der Waals surface area (Å²) in [6.45, 7) is 3.52. The van der Waals surface area contributed by atoms with Gasteiger partial charge in [0.25, 0.3) is 5.56 Å². The molecule has 0 spiro atoms. The van der Waals surface area contributed by atoms with Gasteiger partial charge in [0.2, 0.25) is 5.95 Å². The Balaban J connectivity index is 1.47. The van der Waals surface area contributed by atoms with Crippen molar-refractivity contribution in [3.63, 3.8) is 0 Å². The number of aliphatic carboxylic acids is 1. The molecule has 1 aromatic carbocycles. The predicted molar refractivity (Wildman–Crippen MR) is 102 cm³/mol. The second kappa shape index (κ2) is 7.52. The number of aromatic amines is 1. The number of piperidine rings is 1. The highest BCUT2D eigenvalue weighted by Gasteiger charge is 2.27. The lowest BCUT2D eigenvalue weighted by Gasteiger charge is -2.32. The van der Waals surface area contributed by atoms with Crippen molar-refractivity contribution in [3.05, 3.63) is 57.5 Å². The number of hydrogen-bond acceptors (Lipinski definition) is 5.